The van der Waals surface area contributed by atoms with Crippen molar-refractivity contribution in [3.63, 3.8) is 0 Å². The summed E-state index contributed by atoms with van der Waals surface area (Å²) in [6.45, 7) is 9.27. The van der Waals surface area contributed by atoms with E-state index in [0.29, 0.717) is 27.8 Å². The molecule has 0 spiro atoms. The molecule has 109 heavy (non-hydrogen) atoms. The van der Waals surface area contributed by atoms with Gasteiger partial charge in [-0.3, -0.25) is 0 Å². The van der Waals surface area contributed by atoms with Crippen molar-refractivity contribution in [3.05, 3.63) is 387 Å². The summed E-state index contributed by atoms with van der Waals surface area (Å²) >= 11 is 0. The molecule has 6 heterocycles. The van der Waals surface area contributed by atoms with E-state index < -0.39 is 11.7 Å². The number of hydrogen-bond acceptors (Lipinski definition) is 5. The number of para-hydroxylation sites is 8. The molecular formula is C96H55F3N10. The van der Waals surface area contributed by atoms with Gasteiger partial charge in [-0.05, 0) is 203 Å². The summed E-state index contributed by atoms with van der Waals surface area (Å²) in [6, 6.07) is 104. The van der Waals surface area contributed by atoms with Gasteiger partial charge in [0.2, 0.25) is 5.69 Å². The van der Waals surface area contributed by atoms with Crippen LogP contribution in [0.3, 0.4) is 0 Å². The minimum atomic E-state index is -4.49. The van der Waals surface area contributed by atoms with Crippen LogP contribution in [0.4, 0.5) is 18.9 Å². The molecule has 0 atom stereocenters. The molecule has 0 radical (unpaired) electrons. The molecule has 510 valence electrons. The molecule has 10 nitrogen and oxygen atoms in total. The van der Waals surface area contributed by atoms with Crippen LogP contribution in [0.15, 0.2) is 291 Å². The van der Waals surface area contributed by atoms with E-state index in [2.05, 4.69) is 284 Å². The Morgan fingerprint density at radius 1 is 0.321 bits per heavy atom. The number of rotatable bonds is 4. The van der Waals surface area contributed by atoms with Gasteiger partial charge in [0.05, 0.1) is 136 Å². The highest BCUT2D eigenvalue weighted by Crippen LogP contribution is 2.60. The van der Waals surface area contributed by atoms with Crippen molar-refractivity contribution < 1.29 is 13.2 Å². The fourth-order valence-electron chi connectivity index (χ4n) is 19.2. The fourth-order valence-corrected chi connectivity index (χ4v) is 19.2. The van der Waals surface area contributed by atoms with Gasteiger partial charge in [-0.25, -0.2) is 24.8 Å². The molecule has 0 N–H and O–H groups in total. The molecule has 13 heteroatoms. The summed E-state index contributed by atoms with van der Waals surface area (Å²) in [5.41, 5.74) is 28.3. The number of nitriles is 1. The maximum absolute atomic E-state index is 14.2. The van der Waals surface area contributed by atoms with E-state index in [1.165, 1.54) is 56.8 Å². The molecule has 20 aromatic rings. The first kappa shape index (κ1) is 61.1. The highest BCUT2D eigenvalue weighted by Gasteiger charge is 2.48. The van der Waals surface area contributed by atoms with Crippen molar-refractivity contribution in [3.8, 4) is 28.8 Å². The molecule has 0 saturated heterocycles. The Morgan fingerprint density at radius 3 is 0.881 bits per heavy atom. The summed E-state index contributed by atoms with van der Waals surface area (Å²) in [5, 5.41) is 19.3. The maximum Gasteiger partial charge on any atom is 0.416 e. The van der Waals surface area contributed by atoms with Crippen LogP contribution in [0, 0.1) is 24.8 Å². The normalized spacial score (nSPS) is 15.7. The van der Waals surface area contributed by atoms with Crippen LogP contribution in [0.1, 0.15) is 108 Å². The number of aryl methyl sites for hydroxylation is 1. The minimum absolute atomic E-state index is 0.138. The first-order chi connectivity index (χ1) is 53.5. The van der Waals surface area contributed by atoms with Crippen molar-refractivity contribution in [2.24, 2.45) is 0 Å². The van der Waals surface area contributed by atoms with Crippen LogP contribution in [0.25, 0.3) is 137 Å². The molecule has 0 unspecified atom stereocenters. The lowest BCUT2D eigenvalue weighted by atomic mass is 9.63. The lowest BCUT2D eigenvalue weighted by molar-refractivity contribution is -0.138. The zero-order valence-corrected chi connectivity index (χ0v) is 58.1. The van der Waals surface area contributed by atoms with Gasteiger partial charge < -0.3 is 18.3 Å². The monoisotopic (exact) mass is 1400 g/mol. The van der Waals surface area contributed by atoms with Crippen LogP contribution < -0.4 is 0 Å². The standard InChI is InChI=1S/C48H29F3N4.C48H26N6/c1-26-20-38-39(25-37(26)48(49,50)51)53-46-44-33-21-31-29-16-8-10-18-40(29)54(27-12-4-2-5-13-27)42(31)23-35(33)45(47(46)52-38)36-24-43-32(22-34(36)44)30-17-9-11-19-41(30)55(43)28-14-6-3-7-15-28;1-50-38-25-40-39(20-27(38)26-49)51-47-45-34-21-32-30-16-8-10-18-41(30)53(28-12-4-2-5-13-28)43(32)23-36(34)46(48(47)52-40)37-24-44-33(22-35(37)45)31-17-9-11-19-42(31)54(44)29-14-6-3-7-15-29/h2-25,44-45H,1H3;2-25,45-46H. The van der Waals surface area contributed by atoms with Gasteiger partial charge in [0, 0.05) is 65.8 Å². The summed E-state index contributed by atoms with van der Waals surface area (Å²) in [4.78, 5) is 24.7. The van der Waals surface area contributed by atoms with Gasteiger partial charge >= 0.3 is 6.18 Å². The second-order valence-electron chi connectivity index (χ2n) is 29.2. The van der Waals surface area contributed by atoms with Crippen LogP contribution in [-0.2, 0) is 6.18 Å². The zero-order valence-electron chi connectivity index (χ0n) is 58.1. The summed E-state index contributed by atoms with van der Waals surface area (Å²) < 4.78 is 52.0. The maximum atomic E-state index is 14.2. The van der Waals surface area contributed by atoms with Gasteiger partial charge in [0.1, 0.15) is 0 Å². The molecule has 6 aromatic heterocycles. The van der Waals surface area contributed by atoms with Crippen molar-refractivity contribution in [2.45, 2.75) is 36.8 Å². The predicted octanol–water partition coefficient (Wildman–Crippen LogP) is 23.4. The predicted molar refractivity (Wildman–Crippen MR) is 427 cm³/mol. The Bertz CT molecular complexity index is 7190. The lowest BCUT2D eigenvalue weighted by Gasteiger charge is -2.41. The number of aromatic nitrogens is 8. The quantitative estimate of drug-likeness (QED) is 0.163. The molecule has 0 fully saturated rings. The SMILES string of the molecule is Cc1cc2nc3c(nc2cc1C(F)(F)F)C1c2cc4c5ccccc5n(-c5ccccc5)c4cc2C3c2cc3c(cc21)c1ccccc1n3-c1ccccc1.[C-]#[N+]c1cc2nc3c(nc2cc1C#N)C1c2cc4c5ccccc5n(-c5ccccc5)c4cc2C3c2cc3c(cc21)c1ccccc1n3-c1ccccc1. The second-order valence-corrected chi connectivity index (χ2v) is 29.2. The largest absolute Gasteiger partial charge is 0.416 e. The Balaban J connectivity index is 0.000000131. The Morgan fingerprint density at radius 2 is 0.587 bits per heavy atom. The number of benzene rings is 14. The molecule has 0 amide bonds. The van der Waals surface area contributed by atoms with Crippen LogP contribution in [-0.4, -0.2) is 38.2 Å². The van der Waals surface area contributed by atoms with E-state index in [4.69, 9.17) is 26.5 Å². The number of hydrogen-bond donors (Lipinski definition) is 0. The Kier molecular flexibility index (Phi) is 12.5. The zero-order chi connectivity index (χ0) is 72.4. The van der Waals surface area contributed by atoms with E-state index in [1.54, 1.807) is 18.2 Å². The van der Waals surface area contributed by atoms with Crippen molar-refractivity contribution in [2.75, 3.05) is 0 Å². The van der Waals surface area contributed by atoms with E-state index in [0.717, 1.165) is 133 Å². The van der Waals surface area contributed by atoms with Gasteiger partial charge in [0.15, 0.2) is 0 Å². The van der Waals surface area contributed by atoms with Gasteiger partial charge in [-0.15, -0.1) is 0 Å². The number of fused-ring (bicyclic) bond motifs is 14. The molecule has 14 aromatic carbocycles. The van der Waals surface area contributed by atoms with Crippen LogP contribution in [0.2, 0.25) is 0 Å². The topological polar surface area (TPSA) is 99.4 Å². The van der Waals surface area contributed by atoms with Crippen molar-refractivity contribution in [1.29, 1.82) is 5.26 Å². The van der Waals surface area contributed by atoms with E-state index in [-0.39, 0.29) is 34.8 Å². The molecule has 4 bridgehead atoms. The average molecular weight is 1410 g/mol. The molecule has 26 rings (SSSR count). The third-order valence-corrected chi connectivity index (χ3v) is 23.6. The highest BCUT2D eigenvalue weighted by atomic mass is 19.4. The fraction of sp³-hybridized carbons (Fsp3) is 0.0625. The number of alkyl halides is 3. The molecule has 6 aliphatic rings. The van der Waals surface area contributed by atoms with E-state index in [1.807, 2.05) is 12.1 Å². The Hall–Kier alpha value is -14.3. The van der Waals surface area contributed by atoms with E-state index in [9.17, 15) is 18.4 Å². The summed E-state index contributed by atoms with van der Waals surface area (Å²) in [7, 11) is 0. The highest BCUT2D eigenvalue weighted by molar-refractivity contribution is 6.14. The van der Waals surface area contributed by atoms with Gasteiger partial charge in [-0.1, -0.05) is 146 Å². The summed E-state index contributed by atoms with van der Waals surface area (Å²) in [5.74, 6) is -0.992. The Labute approximate surface area is 620 Å². The molecule has 0 saturated carbocycles. The molecule has 6 aliphatic carbocycles. The smallest absolute Gasteiger partial charge is 0.309 e. The lowest BCUT2D eigenvalue weighted by Crippen LogP contribution is -2.30. The van der Waals surface area contributed by atoms with Crippen LogP contribution in [0.5, 0.6) is 0 Å². The second kappa shape index (κ2) is 22.4. The number of nitrogens with zero attached hydrogens (tertiary/aromatic N) is 10. The van der Waals surface area contributed by atoms with Gasteiger partial charge in [-0.2, -0.15) is 18.4 Å². The van der Waals surface area contributed by atoms with Gasteiger partial charge in [0.25, 0.3) is 0 Å². The third kappa shape index (κ3) is 8.55. The molecule has 0 aliphatic heterocycles. The van der Waals surface area contributed by atoms with Crippen molar-refractivity contribution in [1.82, 2.24) is 38.2 Å². The van der Waals surface area contributed by atoms with E-state index >= 15 is 0 Å². The molecular weight excluding hydrogens is 1350 g/mol. The number of halogens is 3. The van der Waals surface area contributed by atoms with Crippen LogP contribution >= 0.6 is 0 Å². The summed E-state index contributed by atoms with van der Waals surface area (Å²) in [6.07, 6.45) is -4.49. The minimum Gasteiger partial charge on any atom is -0.309 e. The first-order valence-electron chi connectivity index (χ1n) is 36.6. The average Bonchev–Trinajstić information content (AvgIpc) is 1.63. The third-order valence-electron chi connectivity index (χ3n) is 23.6. The van der Waals surface area contributed by atoms with Crippen molar-refractivity contribution >= 4 is 115 Å². The first-order valence-corrected chi connectivity index (χ1v) is 36.6.